The normalized spacial score (nSPS) is 17.3. The van der Waals surface area contributed by atoms with Crippen LogP contribution in [0.15, 0.2) is 64.6 Å². The highest BCUT2D eigenvalue weighted by molar-refractivity contribution is 8.18. The maximum atomic E-state index is 12.5. The molecule has 0 radical (unpaired) electrons. The standard InChI is InChI=1S/C25H22ClN5O2S.C2HF3O2/c26-19-8-7-18(28-25(33)31-11-2-1-3-12-31)15-21(19)29-24-30-23(32)22(34-24)14-16-6-9-20-17(13-16)5-4-10-27-20;3-2(4,5)1(6)7/h4-10,13-15H,1-3,11-12H2,(H,28,33)(H,29,30,32);(H,6,7)/b22-14-;. The average molecular weight is 606 g/mol. The van der Waals surface area contributed by atoms with Gasteiger partial charge in [-0.1, -0.05) is 23.7 Å². The molecule has 41 heavy (non-hydrogen) atoms. The second-order valence-electron chi connectivity index (χ2n) is 8.88. The highest BCUT2D eigenvalue weighted by atomic mass is 35.5. The number of anilines is 1. The average Bonchev–Trinajstić information content (AvgIpc) is 3.28. The lowest BCUT2D eigenvalue weighted by molar-refractivity contribution is -0.192. The summed E-state index contributed by atoms with van der Waals surface area (Å²) in [7, 11) is 0. The number of fused-ring (bicyclic) bond motifs is 1. The van der Waals surface area contributed by atoms with Crippen LogP contribution in [-0.4, -0.2) is 57.3 Å². The number of aliphatic imine (C=N–C) groups is 1. The van der Waals surface area contributed by atoms with E-state index in [-0.39, 0.29) is 11.9 Å². The van der Waals surface area contributed by atoms with Crippen molar-refractivity contribution >= 4 is 74.8 Å². The van der Waals surface area contributed by atoms with Crippen molar-refractivity contribution in [3.63, 3.8) is 0 Å². The molecule has 2 fully saturated rings. The molecule has 1 aromatic heterocycles. The number of nitrogens with zero attached hydrogens (tertiary/aromatic N) is 3. The van der Waals surface area contributed by atoms with Gasteiger partial charge in [-0.05, 0) is 79.1 Å². The number of piperidine rings is 1. The molecule has 3 amide bonds. The molecule has 2 aromatic carbocycles. The van der Waals surface area contributed by atoms with Crippen molar-refractivity contribution in [1.29, 1.82) is 0 Å². The Bertz CT molecular complexity index is 1540. The van der Waals surface area contributed by atoms with Crippen molar-refractivity contribution < 1.29 is 32.7 Å². The van der Waals surface area contributed by atoms with E-state index in [2.05, 4.69) is 20.6 Å². The molecule has 9 nitrogen and oxygen atoms in total. The van der Waals surface area contributed by atoms with Crippen LogP contribution in [0.4, 0.5) is 29.3 Å². The van der Waals surface area contributed by atoms with Crippen LogP contribution >= 0.6 is 23.4 Å². The number of likely N-dealkylation sites (tertiary alicyclic amines) is 1. The van der Waals surface area contributed by atoms with Crippen LogP contribution in [0.1, 0.15) is 24.8 Å². The Labute approximate surface area is 241 Å². The van der Waals surface area contributed by atoms with E-state index in [4.69, 9.17) is 21.5 Å². The monoisotopic (exact) mass is 605 g/mol. The van der Waals surface area contributed by atoms with Crippen LogP contribution in [-0.2, 0) is 9.59 Å². The number of benzene rings is 2. The van der Waals surface area contributed by atoms with Gasteiger partial charge in [0, 0.05) is 30.4 Å². The molecule has 3 N–H and O–H groups in total. The first kappa shape index (κ1) is 29.9. The van der Waals surface area contributed by atoms with E-state index in [1.807, 2.05) is 41.3 Å². The quantitative estimate of drug-likeness (QED) is 0.296. The number of halogens is 4. The molecule has 0 aliphatic carbocycles. The second-order valence-corrected chi connectivity index (χ2v) is 10.3. The highest BCUT2D eigenvalue weighted by Gasteiger charge is 2.38. The Balaban J connectivity index is 0.000000493. The Kier molecular flexibility index (Phi) is 9.50. The van der Waals surface area contributed by atoms with Gasteiger partial charge in [0.15, 0.2) is 5.17 Å². The van der Waals surface area contributed by atoms with Crippen LogP contribution in [0.3, 0.4) is 0 Å². The van der Waals surface area contributed by atoms with Crippen molar-refractivity contribution in [2.75, 3.05) is 18.4 Å². The van der Waals surface area contributed by atoms with Gasteiger partial charge in [0.1, 0.15) is 0 Å². The summed E-state index contributed by atoms with van der Waals surface area (Å²) in [5, 5.41) is 14.7. The summed E-state index contributed by atoms with van der Waals surface area (Å²) in [4.78, 5) is 45.1. The maximum Gasteiger partial charge on any atom is 0.490 e. The summed E-state index contributed by atoms with van der Waals surface area (Å²) in [6.45, 7) is 1.53. The molecule has 3 heterocycles. The largest absolute Gasteiger partial charge is 0.490 e. The number of amides is 3. The van der Waals surface area contributed by atoms with Crippen molar-refractivity contribution in [3.05, 3.63) is 70.2 Å². The molecule has 0 atom stereocenters. The summed E-state index contributed by atoms with van der Waals surface area (Å²) in [5.74, 6) is -2.98. The number of rotatable bonds is 3. The van der Waals surface area contributed by atoms with Crippen molar-refractivity contribution in [2.24, 2.45) is 4.99 Å². The van der Waals surface area contributed by atoms with Gasteiger partial charge >= 0.3 is 18.2 Å². The number of thioether (sulfide) groups is 1. The fourth-order valence-electron chi connectivity index (χ4n) is 3.90. The van der Waals surface area contributed by atoms with Gasteiger partial charge in [-0.3, -0.25) is 9.78 Å². The van der Waals surface area contributed by atoms with E-state index in [9.17, 15) is 22.8 Å². The molecule has 0 unspecified atom stereocenters. The van der Waals surface area contributed by atoms with E-state index < -0.39 is 12.1 Å². The smallest absolute Gasteiger partial charge is 0.475 e. The van der Waals surface area contributed by atoms with E-state index >= 15 is 0 Å². The Morgan fingerprint density at radius 1 is 1.12 bits per heavy atom. The topological polar surface area (TPSA) is 124 Å². The first-order chi connectivity index (χ1) is 19.5. The minimum atomic E-state index is -5.08. The fourth-order valence-corrected chi connectivity index (χ4v) is 4.90. The lowest BCUT2D eigenvalue weighted by Crippen LogP contribution is -2.38. The summed E-state index contributed by atoms with van der Waals surface area (Å²) >= 11 is 7.59. The van der Waals surface area contributed by atoms with Gasteiger partial charge in [-0.15, -0.1) is 0 Å². The van der Waals surface area contributed by atoms with Crippen LogP contribution in [0.5, 0.6) is 0 Å². The highest BCUT2D eigenvalue weighted by Crippen LogP contribution is 2.33. The molecule has 2 aliphatic rings. The number of amidine groups is 1. The minimum Gasteiger partial charge on any atom is -0.475 e. The predicted octanol–water partition coefficient (Wildman–Crippen LogP) is 6.43. The molecule has 0 saturated carbocycles. The first-order valence-electron chi connectivity index (χ1n) is 12.3. The zero-order valence-corrected chi connectivity index (χ0v) is 22.8. The maximum absolute atomic E-state index is 12.5. The number of carbonyl (C=O) groups excluding carboxylic acids is 2. The number of pyridine rings is 1. The zero-order valence-electron chi connectivity index (χ0n) is 21.2. The lowest BCUT2D eigenvalue weighted by atomic mass is 10.1. The number of urea groups is 1. The van der Waals surface area contributed by atoms with Crippen LogP contribution in [0.25, 0.3) is 17.0 Å². The van der Waals surface area contributed by atoms with Crippen LogP contribution in [0.2, 0.25) is 5.02 Å². The number of alkyl halides is 3. The summed E-state index contributed by atoms with van der Waals surface area (Å²) in [5.41, 5.74) is 2.88. The fraction of sp³-hybridized carbons (Fsp3) is 0.222. The summed E-state index contributed by atoms with van der Waals surface area (Å²) in [6.07, 6.45) is 1.70. The molecule has 2 aliphatic heterocycles. The molecule has 2 saturated heterocycles. The number of aliphatic carboxylic acids is 1. The second kappa shape index (κ2) is 13.0. The van der Waals surface area contributed by atoms with Gasteiger partial charge in [0.2, 0.25) is 0 Å². The van der Waals surface area contributed by atoms with E-state index in [0.29, 0.717) is 26.5 Å². The number of carboxylic acids is 1. The SMILES string of the molecule is O=C(O)C(F)(F)F.O=C1NC(=Nc2cc(NC(=O)N3CCCCC3)ccc2Cl)S/C1=C\c1ccc2ncccc2c1. The van der Waals surface area contributed by atoms with Crippen molar-refractivity contribution in [3.8, 4) is 0 Å². The molecule has 5 rings (SSSR count). The molecule has 214 valence electrons. The number of hydrogen-bond donors (Lipinski definition) is 3. The molecular formula is C27H23ClF3N5O4S. The van der Waals surface area contributed by atoms with E-state index in [0.717, 1.165) is 48.8 Å². The van der Waals surface area contributed by atoms with Gasteiger partial charge in [-0.2, -0.15) is 13.2 Å². The number of aromatic nitrogens is 1. The molecule has 3 aromatic rings. The summed E-state index contributed by atoms with van der Waals surface area (Å²) in [6, 6.07) is 14.7. The van der Waals surface area contributed by atoms with Crippen LogP contribution in [0, 0.1) is 0 Å². The predicted molar refractivity (Wildman–Crippen MR) is 152 cm³/mol. The number of carbonyl (C=O) groups is 3. The molecule has 14 heteroatoms. The number of nitrogens with one attached hydrogen (secondary N) is 2. The Morgan fingerprint density at radius 2 is 1.85 bits per heavy atom. The minimum absolute atomic E-state index is 0.125. The van der Waals surface area contributed by atoms with Gasteiger partial charge in [0.05, 0.1) is 21.1 Å². The lowest BCUT2D eigenvalue weighted by Gasteiger charge is -2.26. The van der Waals surface area contributed by atoms with E-state index in [1.54, 1.807) is 24.4 Å². The third-order valence-electron chi connectivity index (χ3n) is 5.88. The van der Waals surface area contributed by atoms with Crippen LogP contribution < -0.4 is 10.6 Å². The van der Waals surface area contributed by atoms with Gasteiger partial charge < -0.3 is 20.6 Å². The van der Waals surface area contributed by atoms with Gasteiger partial charge in [0.25, 0.3) is 5.91 Å². The first-order valence-corrected chi connectivity index (χ1v) is 13.5. The molecular weight excluding hydrogens is 583 g/mol. The Hall–Kier alpha value is -4.10. The zero-order chi connectivity index (χ0) is 29.6. The Morgan fingerprint density at radius 3 is 2.56 bits per heavy atom. The molecule has 0 spiro atoms. The van der Waals surface area contributed by atoms with E-state index in [1.165, 1.54) is 11.8 Å². The molecule has 0 bridgehead atoms. The van der Waals surface area contributed by atoms with Crippen molar-refractivity contribution in [1.82, 2.24) is 15.2 Å². The number of carboxylic acid groups (broad SMARTS) is 1. The van der Waals surface area contributed by atoms with Crippen molar-refractivity contribution in [2.45, 2.75) is 25.4 Å². The summed E-state index contributed by atoms with van der Waals surface area (Å²) < 4.78 is 31.7. The number of hydrogen-bond acceptors (Lipinski definition) is 6. The third kappa shape index (κ3) is 8.21. The van der Waals surface area contributed by atoms with Gasteiger partial charge in [-0.25, -0.2) is 14.6 Å². The third-order valence-corrected chi connectivity index (χ3v) is 7.11.